The molecule has 3 atom stereocenters. The lowest BCUT2D eigenvalue weighted by atomic mass is 9.78. The molecule has 1 saturated carbocycles. The van der Waals surface area contributed by atoms with Crippen molar-refractivity contribution in [1.82, 2.24) is 15.1 Å². The number of carbonyl (C=O) groups excluding carboxylic acids is 1. The van der Waals surface area contributed by atoms with E-state index in [1.807, 2.05) is 0 Å². The summed E-state index contributed by atoms with van der Waals surface area (Å²) in [5, 5.41) is 3.27. The van der Waals surface area contributed by atoms with Gasteiger partial charge in [-0.05, 0) is 36.5 Å². The minimum atomic E-state index is -0.239. The Balaban J connectivity index is 1.44. The first-order valence-corrected chi connectivity index (χ1v) is 10.5. The van der Waals surface area contributed by atoms with E-state index >= 15 is 0 Å². The molecule has 156 valence electrons. The van der Waals surface area contributed by atoms with Crippen molar-refractivity contribution in [3.63, 3.8) is 0 Å². The van der Waals surface area contributed by atoms with Crippen LogP contribution in [0.1, 0.15) is 38.7 Å². The van der Waals surface area contributed by atoms with Gasteiger partial charge >= 0.3 is 0 Å². The molecule has 6 heteroatoms. The molecule has 1 aliphatic heterocycles. The lowest BCUT2D eigenvalue weighted by Gasteiger charge is -2.37. The summed E-state index contributed by atoms with van der Waals surface area (Å²) in [6, 6.07) is 4.97. The van der Waals surface area contributed by atoms with E-state index < -0.39 is 0 Å². The average molecular weight is 392 g/mol. The average Bonchev–Trinajstić information content (AvgIpc) is 2.67. The molecule has 1 aliphatic carbocycles. The Labute approximate surface area is 168 Å². The van der Waals surface area contributed by atoms with Crippen molar-refractivity contribution in [2.45, 2.75) is 45.7 Å². The number of hydrogen-bond acceptors (Lipinski definition) is 4. The summed E-state index contributed by atoms with van der Waals surface area (Å²) >= 11 is 0. The van der Waals surface area contributed by atoms with E-state index in [-0.39, 0.29) is 11.7 Å². The zero-order chi connectivity index (χ0) is 20.1. The fourth-order valence-electron chi connectivity index (χ4n) is 4.46. The quantitative estimate of drug-likeness (QED) is 0.810. The van der Waals surface area contributed by atoms with E-state index in [1.165, 1.54) is 18.9 Å². The normalized spacial score (nSPS) is 26.8. The van der Waals surface area contributed by atoms with Crippen LogP contribution < -0.4 is 10.1 Å². The minimum absolute atomic E-state index is 0.145. The highest BCUT2D eigenvalue weighted by Gasteiger charge is 2.29. The molecule has 5 nitrogen and oxygen atoms in total. The zero-order valence-electron chi connectivity index (χ0n) is 17.4. The fourth-order valence-corrected chi connectivity index (χ4v) is 4.46. The van der Waals surface area contributed by atoms with Gasteiger partial charge in [-0.25, -0.2) is 4.39 Å². The molecule has 0 bridgehead atoms. The van der Waals surface area contributed by atoms with Gasteiger partial charge in [0.05, 0.1) is 13.7 Å². The maximum absolute atomic E-state index is 13.6. The molecular formula is C22H34FN3O2. The Hall–Kier alpha value is -1.66. The summed E-state index contributed by atoms with van der Waals surface area (Å²) in [6.45, 7) is 9.11. The van der Waals surface area contributed by atoms with Crippen LogP contribution >= 0.6 is 0 Å². The van der Waals surface area contributed by atoms with E-state index in [2.05, 4.69) is 29.0 Å². The number of hydrogen-bond donors (Lipinski definition) is 1. The number of benzene rings is 1. The Morgan fingerprint density at radius 3 is 2.61 bits per heavy atom. The van der Waals surface area contributed by atoms with E-state index in [1.54, 1.807) is 19.2 Å². The van der Waals surface area contributed by atoms with Crippen molar-refractivity contribution >= 4 is 5.91 Å². The second-order valence-corrected chi connectivity index (χ2v) is 8.45. The second kappa shape index (κ2) is 9.70. The molecule has 1 aromatic rings. The zero-order valence-corrected chi connectivity index (χ0v) is 17.4. The van der Waals surface area contributed by atoms with Crippen LogP contribution in [-0.4, -0.2) is 61.6 Å². The highest BCUT2D eigenvalue weighted by Crippen LogP contribution is 2.29. The number of carbonyl (C=O) groups is 1. The van der Waals surface area contributed by atoms with E-state index in [9.17, 15) is 9.18 Å². The molecule has 1 saturated heterocycles. The topological polar surface area (TPSA) is 44.8 Å². The van der Waals surface area contributed by atoms with Gasteiger partial charge in [-0.1, -0.05) is 26.7 Å². The molecule has 1 heterocycles. The summed E-state index contributed by atoms with van der Waals surface area (Å²) in [6.07, 6.45) is 3.57. The standard InChI is InChI=1S/C22H34FN3O2/c1-16-5-4-6-20(17(16)2)24-22(27)15-26-11-9-25(10-12-26)14-18-13-19(23)7-8-21(18)28-3/h7-8,13,16-17,20H,4-6,9-12,14-15H2,1-3H3,(H,24,27)/t16-,17-,20-/m1/s1. The first-order chi connectivity index (χ1) is 13.5. The number of methoxy groups -OCH3 is 1. The van der Waals surface area contributed by atoms with Gasteiger partial charge in [0, 0.05) is 44.3 Å². The van der Waals surface area contributed by atoms with Crippen molar-refractivity contribution in [3.8, 4) is 5.75 Å². The summed E-state index contributed by atoms with van der Waals surface area (Å²) < 4.78 is 18.9. The Morgan fingerprint density at radius 2 is 1.89 bits per heavy atom. The molecule has 0 aromatic heterocycles. The third-order valence-corrected chi connectivity index (χ3v) is 6.52. The van der Waals surface area contributed by atoms with Crippen LogP contribution in [0.5, 0.6) is 5.75 Å². The molecule has 3 rings (SSSR count). The van der Waals surface area contributed by atoms with Gasteiger partial charge in [0.1, 0.15) is 11.6 Å². The molecule has 1 aromatic carbocycles. The lowest BCUT2D eigenvalue weighted by molar-refractivity contribution is -0.124. The van der Waals surface area contributed by atoms with Gasteiger partial charge in [0.15, 0.2) is 0 Å². The summed E-state index contributed by atoms with van der Waals surface area (Å²) in [4.78, 5) is 17.0. The van der Waals surface area contributed by atoms with E-state index in [0.717, 1.165) is 43.9 Å². The lowest BCUT2D eigenvalue weighted by Crippen LogP contribution is -2.51. The number of amides is 1. The smallest absolute Gasteiger partial charge is 0.234 e. The van der Waals surface area contributed by atoms with Gasteiger partial charge in [0.25, 0.3) is 0 Å². The van der Waals surface area contributed by atoms with Crippen LogP contribution in [-0.2, 0) is 11.3 Å². The third-order valence-electron chi connectivity index (χ3n) is 6.52. The maximum atomic E-state index is 13.6. The second-order valence-electron chi connectivity index (χ2n) is 8.45. The SMILES string of the molecule is COc1ccc(F)cc1CN1CCN(CC(=O)N[C@@H]2CCC[C@@H](C)[C@H]2C)CC1. The van der Waals surface area contributed by atoms with Gasteiger partial charge in [-0.15, -0.1) is 0 Å². The summed E-state index contributed by atoms with van der Waals surface area (Å²) in [5.74, 6) is 1.86. The van der Waals surface area contributed by atoms with Crippen LogP contribution in [0.3, 0.4) is 0 Å². The Bertz CT molecular complexity index is 661. The van der Waals surface area contributed by atoms with Crippen molar-refractivity contribution < 1.29 is 13.9 Å². The Morgan fingerprint density at radius 1 is 1.18 bits per heavy atom. The van der Waals surface area contributed by atoms with Crippen molar-refractivity contribution in [2.75, 3.05) is 39.8 Å². The summed E-state index contributed by atoms with van der Waals surface area (Å²) in [5.41, 5.74) is 0.870. The largest absolute Gasteiger partial charge is 0.496 e. The molecule has 1 N–H and O–H groups in total. The van der Waals surface area contributed by atoms with Crippen LogP contribution in [0.2, 0.25) is 0 Å². The van der Waals surface area contributed by atoms with Crippen molar-refractivity contribution in [3.05, 3.63) is 29.6 Å². The maximum Gasteiger partial charge on any atom is 0.234 e. The number of halogens is 1. The number of piperazine rings is 1. The fraction of sp³-hybridized carbons (Fsp3) is 0.682. The highest BCUT2D eigenvalue weighted by molar-refractivity contribution is 5.78. The van der Waals surface area contributed by atoms with E-state index in [0.29, 0.717) is 31.0 Å². The van der Waals surface area contributed by atoms with E-state index in [4.69, 9.17) is 4.74 Å². The van der Waals surface area contributed by atoms with Gasteiger partial charge in [-0.3, -0.25) is 14.6 Å². The number of rotatable bonds is 6. The molecule has 1 amide bonds. The molecule has 28 heavy (non-hydrogen) atoms. The molecule has 2 fully saturated rings. The predicted octanol–water partition coefficient (Wildman–Crippen LogP) is 2.89. The molecular weight excluding hydrogens is 357 g/mol. The van der Waals surface area contributed by atoms with Crippen LogP contribution in [0.15, 0.2) is 18.2 Å². The molecule has 0 unspecified atom stereocenters. The van der Waals surface area contributed by atoms with Crippen LogP contribution in [0, 0.1) is 17.7 Å². The van der Waals surface area contributed by atoms with Crippen molar-refractivity contribution in [2.24, 2.45) is 11.8 Å². The molecule has 0 radical (unpaired) electrons. The molecule has 2 aliphatic rings. The predicted molar refractivity (Wildman–Crippen MR) is 109 cm³/mol. The number of nitrogens with zero attached hydrogens (tertiary/aromatic N) is 2. The van der Waals surface area contributed by atoms with Gasteiger partial charge in [-0.2, -0.15) is 0 Å². The number of ether oxygens (including phenoxy) is 1. The Kier molecular flexibility index (Phi) is 7.30. The number of nitrogens with one attached hydrogen (secondary N) is 1. The highest BCUT2D eigenvalue weighted by atomic mass is 19.1. The van der Waals surface area contributed by atoms with Gasteiger partial charge in [0.2, 0.25) is 5.91 Å². The molecule has 0 spiro atoms. The van der Waals surface area contributed by atoms with Gasteiger partial charge < -0.3 is 10.1 Å². The first kappa shape index (κ1) is 21.1. The van der Waals surface area contributed by atoms with Crippen LogP contribution in [0.4, 0.5) is 4.39 Å². The third kappa shape index (κ3) is 5.45. The van der Waals surface area contributed by atoms with Crippen LogP contribution in [0.25, 0.3) is 0 Å². The summed E-state index contributed by atoms with van der Waals surface area (Å²) in [7, 11) is 1.61. The minimum Gasteiger partial charge on any atom is -0.496 e. The van der Waals surface area contributed by atoms with Crippen molar-refractivity contribution in [1.29, 1.82) is 0 Å². The first-order valence-electron chi connectivity index (χ1n) is 10.5. The monoisotopic (exact) mass is 391 g/mol.